The molecule has 19 heavy (non-hydrogen) atoms. The van der Waals surface area contributed by atoms with Crippen LogP contribution in [0.1, 0.15) is 44.6 Å². The third-order valence-electron chi connectivity index (χ3n) is 3.24. The van der Waals surface area contributed by atoms with E-state index in [1.54, 1.807) is 6.07 Å². The molecule has 4 heteroatoms. The predicted molar refractivity (Wildman–Crippen MR) is 81.3 cm³/mol. The molecule has 0 bridgehead atoms. The van der Waals surface area contributed by atoms with E-state index in [2.05, 4.69) is 12.2 Å². The molecular weight excluding hydrogens is 281 g/mol. The van der Waals surface area contributed by atoms with Gasteiger partial charge in [-0.2, -0.15) is 0 Å². The molecule has 1 fully saturated rings. The summed E-state index contributed by atoms with van der Waals surface area (Å²) >= 11 is 12.3. The van der Waals surface area contributed by atoms with E-state index in [0.717, 1.165) is 24.3 Å². The van der Waals surface area contributed by atoms with Crippen molar-refractivity contribution in [3.63, 3.8) is 0 Å². The molecule has 2 nitrogen and oxygen atoms in total. The predicted octanol–water partition coefficient (Wildman–Crippen LogP) is 4.81. The molecule has 106 valence electrons. The van der Waals surface area contributed by atoms with Gasteiger partial charge in [0.05, 0.1) is 11.6 Å². The molecule has 1 saturated carbocycles. The van der Waals surface area contributed by atoms with Crippen molar-refractivity contribution in [1.82, 2.24) is 5.32 Å². The minimum absolute atomic E-state index is 0.608. The van der Waals surface area contributed by atoms with Crippen LogP contribution in [0.25, 0.3) is 0 Å². The number of halogens is 2. The summed E-state index contributed by atoms with van der Waals surface area (Å²) in [7, 11) is 0. The first-order chi connectivity index (χ1) is 9.20. The number of benzene rings is 1. The third kappa shape index (κ3) is 4.87. The molecule has 0 aliphatic heterocycles. The summed E-state index contributed by atoms with van der Waals surface area (Å²) in [6.07, 6.45) is 5.96. The summed E-state index contributed by atoms with van der Waals surface area (Å²) in [5, 5.41) is 4.75. The van der Waals surface area contributed by atoms with Crippen LogP contribution in [0.15, 0.2) is 12.1 Å². The lowest BCUT2D eigenvalue weighted by Gasteiger charge is -2.14. The van der Waals surface area contributed by atoms with Crippen LogP contribution < -0.4 is 10.1 Å². The van der Waals surface area contributed by atoms with Crippen LogP contribution >= 0.6 is 23.2 Å². The quantitative estimate of drug-likeness (QED) is 0.695. The Kier molecular flexibility index (Phi) is 5.80. The van der Waals surface area contributed by atoms with Crippen LogP contribution in [0.3, 0.4) is 0 Å². The van der Waals surface area contributed by atoms with Crippen molar-refractivity contribution in [3.05, 3.63) is 27.7 Å². The normalized spacial score (nSPS) is 14.7. The first kappa shape index (κ1) is 15.0. The van der Waals surface area contributed by atoms with Crippen LogP contribution in [0.2, 0.25) is 10.0 Å². The van der Waals surface area contributed by atoms with E-state index < -0.39 is 0 Å². The van der Waals surface area contributed by atoms with Crippen LogP contribution in [-0.4, -0.2) is 12.6 Å². The maximum Gasteiger partial charge on any atom is 0.142 e. The van der Waals surface area contributed by atoms with Gasteiger partial charge in [-0.15, -0.1) is 0 Å². The molecule has 0 spiro atoms. The van der Waals surface area contributed by atoms with Gasteiger partial charge in [0, 0.05) is 23.2 Å². The average Bonchev–Trinajstić information content (AvgIpc) is 3.18. The molecule has 0 saturated heterocycles. The van der Waals surface area contributed by atoms with Gasteiger partial charge >= 0.3 is 0 Å². The topological polar surface area (TPSA) is 21.3 Å². The Morgan fingerprint density at radius 2 is 2.05 bits per heavy atom. The Labute approximate surface area is 125 Å². The zero-order valence-corrected chi connectivity index (χ0v) is 12.9. The molecule has 0 aromatic heterocycles. The summed E-state index contributed by atoms with van der Waals surface area (Å²) < 4.78 is 5.85. The number of nitrogens with one attached hydrogen (secondary N) is 1. The molecule has 0 radical (unpaired) electrons. The molecule has 0 atom stereocenters. The molecule has 1 aromatic rings. The second kappa shape index (κ2) is 7.37. The summed E-state index contributed by atoms with van der Waals surface area (Å²) in [4.78, 5) is 0. The van der Waals surface area contributed by atoms with E-state index in [0.29, 0.717) is 22.7 Å². The van der Waals surface area contributed by atoms with Gasteiger partial charge in [0.1, 0.15) is 5.75 Å². The number of ether oxygens (including phenoxy) is 1. The molecule has 0 unspecified atom stereocenters. The lowest BCUT2D eigenvalue weighted by Crippen LogP contribution is -2.16. The highest BCUT2D eigenvalue weighted by molar-refractivity contribution is 6.35. The molecule has 0 amide bonds. The smallest absolute Gasteiger partial charge is 0.142 e. The van der Waals surface area contributed by atoms with E-state index in [1.807, 2.05) is 6.07 Å². The number of hydrogen-bond acceptors (Lipinski definition) is 2. The van der Waals surface area contributed by atoms with Gasteiger partial charge in [0.25, 0.3) is 0 Å². The Morgan fingerprint density at radius 1 is 1.26 bits per heavy atom. The summed E-state index contributed by atoms with van der Waals surface area (Å²) in [6.45, 7) is 3.67. The van der Waals surface area contributed by atoms with Gasteiger partial charge < -0.3 is 10.1 Å². The van der Waals surface area contributed by atoms with Crippen molar-refractivity contribution in [2.45, 2.75) is 51.6 Å². The average molecular weight is 302 g/mol. The summed E-state index contributed by atoms with van der Waals surface area (Å²) in [5.74, 6) is 0.787. The monoisotopic (exact) mass is 301 g/mol. The van der Waals surface area contributed by atoms with Gasteiger partial charge in [0.15, 0.2) is 0 Å². The summed E-state index contributed by atoms with van der Waals surface area (Å²) in [6, 6.07) is 4.35. The molecule has 1 aliphatic rings. The van der Waals surface area contributed by atoms with Crippen molar-refractivity contribution < 1.29 is 4.74 Å². The molecule has 1 aromatic carbocycles. The Hall–Kier alpha value is -0.440. The first-order valence-corrected chi connectivity index (χ1v) is 7.80. The number of unbranched alkanes of at least 4 members (excludes halogenated alkanes) is 2. The van der Waals surface area contributed by atoms with Crippen LogP contribution in [-0.2, 0) is 6.54 Å². The molecule has 1 aliphatic carbocycles. The fourth-order valence-corrected chi connectivity index (χ4v) is 2.56. The lowest BCUT2D eigenvalue weighted by molar-refractivity contribution is 0.302. The minimum Gasteiger partial charge on any atom is -0.492 e. The number of rotatable bonds is 8. The van der Waals surface area contributed by atoms with Gasteiger partial charge in [-0.3, -0.25) is 0 Å². The van der Waals surface area contributed by atoms with E-state index in [4.69, 9.17) is 27.9 Å². The van der Waals surface area contributed by atoms with Crippen molar-refractivity contribution in [3.8, 4) is 5.75 Å². The van der Waals surface area contributed by atoms with Gasteiger partial charge in [0.2, 0.25) is 0 Å². The molecule has 1 N–H and O–H groups in total. The zero-order chi connectivity index (χ0) is 13.7. The SMILES string of the molecule is CCCCCOc1c(Cl)cc(Cl)cc1CNC1CC1. The largest absolute Gasteiger partial charge is 0.492 e. The van der Waals surface area contributed by atoms with Crippen LogP contribution in [0, 0.1) is 0 Å². The van der Waals surface area contributed by atoms with Crippen molar-refractivity contribution >= 4 is 23.2 Å². The highest BCUT2D eigenvalue weighted by atomic mass is 35.5. The summed E-state index contributed by atoms with van der Waals surface area (Å²) in [5.41, 5.74) is 1.06. The van der Waals surface area contributed by atoms with Crippen molar-refractivity contribution in [1.29, 1.82) is 0 Å². The highest BCUT2D eigenvalue weighted by Crippen LogP contribution is 2.33. The fraction of sp³-hybridized carbons (Fsp3) is 0.600. The maximum absolute atomic E-state index is 6.24. The van der Waals surface area contributed by atoms with E-state index in [-0.39, 0.29) is 0 Å². The Balaban J connectivity index is 1.99. The second-order valence-electron chi connectivity index (χ2n) is 5.09. The molecule has 0 heterocycles. The van der Waals surface area contributed by atoms with Crippen LogP contribution in [0.5, 0.6) is 5.75 Å². The highest BCUT2D eigenvalue weighted by Gasteiger charge is 2.21. The fourth-order valence-electron chi connectivity index (χ4n) is 1.97. The lowest BCUT2D eigenvalue weighted by atomic mass is 10.2. The van der Waals surface area contributed by atoms with Crippen molar-refractivity contribution in [2.75, 3.05) is 6.61 Å². The molecular formula is C15H21Cl2NO. The van der Waals surface area contributed by atoms with E-state index >= 15 is 0 Å². The third-order valence-corrected chi connectivity index (χ3v) is 3.74. The van der Waals surface area contributed by atoms with Gasteiger partial charge in [-0.05, 0) is 31.4 Å². The standard InChI is InChI=1S/C15H21Cl2NO/c1-2-3-4-7-19-15-11(10-18-13-5-6-13)8-12(16)9-14(15)17/h8-9,13,18H,2-7,10H2,1H3. The van der Waals surface area contributed by atoms with Crippen molar-refractivity contribution in [2.24, 2.45) is 0 Å². The molecule has 2 rings (SSSR count). The van der Waals surface area contributed by atoms with Gasteiger partial charge in [-0.1, -0.05) is 43.0 Å². The Bertz CT molecular complexity index is 419. The van der Waals surface area contributed by atoms with E-state index in [9.17, 15) is 0 Å². The first-order valence-electron chi connectivity index (χ1n) is 7.04. The van der Waals surface area contributed by atoms with Gasteiger partial charge in [-0.25, -0.2) is 0 Å². The van der Waals surface area contributed by atoms with E-state index in [1.165, 1.54) is 25.7 Å². The maximum atomic E-state index is 6.24. The Morgan fingerprint density at radius 3 is 2.74 bits per heavy atom. The van der Waals surface area contributed by atoms with Crippen LogP contribution in [0.4, 0.5) is 0 Å². The minimum atomic E-state index is 0.608. The number of hydrogen-bond donors (Lipinski definition) is 1. The second-order valence-corrected chi connectivity index (χ2v) is 5.93. The zero-order valence-electron chi connectivity index (χ0n) is 11.3.